The molecule has 1 aromatic rings. The lowest BCUT2D eigenvalue weighted by molar-refractivity contribution is 0.551. The summed E-state index contributed by atoms with van der Waals surface area (Å²) in [6.07, 6.45) is 1.93. The molecule has 1 saturated heterocycles. The fraction of sp³-hybridized carbons (Fsp3) is 0.455. The van der Waals surface area contributed by atoms with Crippen LogP contribution in [0.1, 0.15) is 12.8 Å². The summed E-state index contributed by atoms with van der Waals surface area (Å²) >= 11 is 11.5. The third-order valence-electron chi connectivity index (χ3n) is 2.91. The normalized spacial score (nSPS) is 19.8. The lowest BCUT2D eigenvalue weighted by Crippen LogP contribution is -2.37. The molecule has 8 heteroatoms. The predicted molar refractivity (Wildman–Crippen MR) is 72.6 cm³/mol. The maximum Gasteiger partial charge on any atom is 0.243 e. The summed E-state index contributed by atoms with van der Waals surface area (Å²) in [5.41, 5.74) is 0. The molecule has 2 N–H and O–H groups in total. The monoisotopic (exact) mass is 326 g/mol. The summed E-state index contributed by atoms with van der Waals surface area (Å²) in [4.78, 5) is -0.282. The van der Waals surface area contributed by atoms with Crippen molar-refractivity contribution in [1.29, 1.82) is 0 Å². The van der Waals surface area contributed by atoms with Crippen molar-refractivity contribution in [3.63, 3.8) is 0 Å². The summed E-state index contributed by atoms with van der Waals surface area (Å²) < 4.78 is 39.7. The number of hydrogen-bond donors (Lipinski definition) is 2. The Morgan fingerprint density at radius 1 is 1.37 bits per heavy atom. The van der Waals surface area contributed by atoms with Gasteiger partial charge in [0, 0.05) is 12.6 Å². The Balaban J connectivity index is 2.19. The van der Waals surface area contributed by atoms with E-state index in [4.69, 9.17) is 23.2 Å². The topological polar surface area (TPSA) is 58.2 Å². The molecule has 1 fully saturated rings. The van der Waals surface area contributed by atoms with E-state index >= 15 is 0 Å². The Bertz CT molecular complexity index is 551. The molecule has 1 aliphatic rings. The van der Waals surface area contributed by atoms with Gasteiger partial charge in [0.1, 0.15) is 10.7 Å². The van der Waals surface area contributed by atoms with Crippen LogP contribution in [-0.2, 0) is 10.0 Å². The Labute approximate surface area is 121 Å². The molecule has 0 amide bonds. The highest BCUT2D eigenvalue weighted by atomic mass is 35.5. The van der Waals surface area contributed by atoms with E-state index in [9.17, 15) is 12.8 Å². The molecule has 0 bridgehead atoms. The molecule has 0 aromatic heterocycles. The SMILES string of the molecule is O=S(=O)(NCC1CCCN1)c1c(Cl)cc(F)cc1Cl. The molecule has 0 spiro atoms. The van der Waals surface area contributed by atoms with E-state index in [2.05, 4.69) is 10.0 Å². The fourth-order valence-corrected chi connectivity index (χ4v) is 4.27. The number of benzene rings is 1. The van der Waals surface area contributed by atoms with Crippen LogP contribution in [0.2, 0.25) is 10.0 Å². The second-order valence-electron chi connectivity index (χ2n) is 4.34. The first-order valence-electron chi connectivity index (χ1n) is 5.78. The summed E-state index contributed by atoms with van der Waals surface area (Å²) in [5.74, 6) is -0.675. The van der Waals surface area contributed by atoms with Crippen LogP contribution in [0.3, 0.4) is 0 Å². The van der Waals surface area contributed by atoms with Crippen LogP contribution in [-0.4, -0.2) is 27.5 Å². The number of rotatable bonds is 4. The van der Waals surface area contributed by atoms with Crippen molar-refractivity contribution in [2.75, 3.05) is 13.1 Å². The molecular weight excluding hydrogens is 314 g/mol. The van der Waals surface area contributed by atoms with Crippen molar-refractivity contribution in [2.24, 2.45) is 0 Å². The molecule has 1 heterocycles. The minimum atomic E-state index is -3.85. The summed E-state index contributed by atoms with van der Waals surface area (Å²) in [6.45, 7) is 1.14. The lowest BCUT2D eigenvalue weighted by Gasteiger charge is -2.13. The number of hydrogen-bond acceptors (Lipinski definition) is 3. The Hall–Kier alpha value is -0.400. The van der Waals surface area contributed by atoms with Crippen LogP contribution in [0.4, 0.5) is 4.39 Å². The second kappa shape index (κ2) is 5.93. The molecule has 1 aliphatic heterocycles. The van der Waals surface area contributed by atoms with Crippen molar-refractivity contribution in [3.8, 4) is 0 Å². The van der Waals surface area contributed by atoms with Crippen molar-refractivity contribution in [1.82, 2.24) is 10.0 Å². The number of halogens is 3. The highest BCUT2D eigenvalue weighted by Crippen LogP contribution is 2.30. The lowest BCUT2D eigenvalue weighted by atomic mass is 10.2. The third-order valence-corrected chi connectivity index (χ3v) is 5.26. The maximum atomic E-state index is 13.0. The van der Waals surface area contributed by atoms with Crippen molar-refractivity contribution in [3.05, 3.63) is 28.0 Å². The first kappa shape index (κ1) is 15.0. The van der Waals surface area contributed by atoms with Gasteiger partial charge in [0.2, 0.25) is 10.0 Å². The maximum absolute atomic E-state index is 13.0. The van der Waals surface area contributed by atoms with Crippen LogP contribution in [0.15, 0.2) is 17.0 Å². The highest BCUT2D eigenvalue weighted by Gasteiger charge is 2.24. The van der Waals surface area contributed by atoms with Gasteiger partial charge in [0.25, 0.3) is 0 Å². The zero-order chi connectivity index (χ0) is 14.0. The average Bonchev–Trinajstić information content (AvgIpc) is 2.77. The van der Waals surface area contributed by atoms with Gasteiger partial charge in [-0.25, -0.2) is 17.5 Å². The molecule has 106 valence electrons. The first-order chi connectivity index (χ1) is 8.90. The quantitative estimate of drug-likeness (QED) is 0.891. The summed E-state index contributed by atoms with van der Waals surface area (Å²) in [7, 11) is -3.85. The predicted octanol–water partition coefficient (Wildman–Crippen LogP) is 2.16. The smallest absolute Gasteiger partial charge is 0.243 e. The number of sulfonamides is 1. The molecular formula is C11H13Cl2FN2O2S. The molecule has 0 aliphatic carbocycles. The van der Waals surface area contributed by atoms with E-state index in [1.165, 1.54) is 0 Å². The van der Waals surface area contributed by atoms with Crippen LogP contribution < -0.4 is 10.0 Å². The molecule has 0 radical (unpaired) electrons. The molecule has 19 heavy (non-hydrogen) atoms. The first-order valence-corrected chi connectivity index (χ1v) is 8.01. The van der Waals surface area contributed by atoms with Gasteiger partial charge in [-0.05, 0) is 31.5 Å². The zero-order valence-corrected chi connectivity index (χ0v) is 12.2. The van der Waals surface area contributed by atoms with Gasteiger partial charge in [-0.1, -0.05) is 23.2 Å². The van der Waals surface area contributed by atoms with Crippen molar-refractivity contribution >= 4 is 33.2 Å². The van der Waals surface area contributed by atoms with E-state index < -0.39 is 15.8 Å². The second-order valence-corrected chi connectivity index (χ2v) is 6.86. The van der Waals surface area contributed by atoms with Gasteiger partial charge in [0.05, 0.1) is 10.0 Å². The van der Waals surface area contributed by atoms with E-state index in [0.29, 0.717) is 0 Å². The minimum absolute atomic E-state index is 0.104. The molecule has 2 rings (SSSR count). The molecule has 1 aromatic carbocycles. The van der Waals surface area contributed by atoms with E-state index in [1.54, 1.807) is 0 Å². The largest absolute Gasteiger partial charge is 0.313 e. The summed E-state index contributed by atoms with van der Waals surface area (Å²) in [5, 5.41) is 2.72. The Morgan fingerprint density at radius 2 is 2.00 bits per heavy atom. The van der Waals surface area contributed by atoms with Crippen LogP contribution in [0.5, 0.6) is 0 Å². The molecule has 1 atom stereocenters. The molecule has 1 unspecified atom stereocenters. The van der Waals surface area contributed by atoms with Gasteiger partial charge in [-0.15, -0.1) is 0 Å². The van der Waals surface area contributed by atoms with E-state index in [-0.39, 0.29) is 27.5 Å². The van der Waals surface area contributed by atoms with Gasteiger partial charge in [-0.2, -0.15) is 0 Å². The fourth-order valence-electron chi connectivity index (χ4n) is 2.00. The minimum Gasteiger partial charge on any atom is -0.313 e. The van der Waals surface area contributed by atoms with Crippen LogP contribution in [0, 0.1) is 5.82 Å². The third kappa shape index (κ3) is 3.58. The number of nitrogens with one attached hydrogen (secondary N) is 2. The van der Waals surface area contributed by atoms with Gasteiger partial charge >= 0.3 is 0 Å². The molecule has 4 nitrogen and oxygen atoms in total. The van der Waals surface area contributed by atoms with E-state index in [1.807, 2.05) is 0 Å². The van der Waals surface area contributed by atoms with E-state index in [0.717, 1.165) is 31.5 Å². The van der Waals surface area contributed by atoms with Crippen molar-refractivity contribution < 1.29 is 12.8 Å². The Kier molecular flexibility index (Phi) is 4.68. The highest BCUT2D eigenvalue weighted by molar-refractivity contribution is 7.89. The standard InChI is InChI=1S/C11H13Cl2FN2O2S/c12-9-4-7(14)5-10(13)11(9)19(17,18)16-6-8-2-1-3-15-8/h4-5,8,15-16H,1-3,6H2. The summed E-state index contributed by atoms with van der Waals surface area (Å²) in [6, 6.07) is 1.96. The average molecular weight is 327 g/mol. The molecule has 0 saturated carbocycles. The van der Waals surface area contributed by atoms with Gasteiger partial charge < -0.3 is 5.32 Å². The van der Waals surface area contributed by atoms with Gasteiger partial charge in [-0.3, -0.25) is 0 Å². The van der Waals surface area contributed by atoms with Gasteiger partial charge in [0.15, 0.2) is 0 Å². The van der Waals surface area contributed by atoms with Crippen LogP contribution >= 0.6 is 23.2 Å². The Morgan fingerprint density at radius 3 is 2.53 bits per heavy atom. The van der Waals surface area contributed by atoms with Crippen molar-refractivity contribution in [2.45, 2.75) is 23.8 Å². The zero-order valence-electron chi connectivity index (χ0n) is 9.92. The van der Waals surface area contributed by atoms with Crippen LogP contribution in [0.25, 0.3) is 0 Å².